The van der Waals surface area contributed by atoms with Crippen molar-refractivity contribution in [2.75, 3.05) is 23.8 Å². The highest BCUT2D eigenvalue weighted by molar-refractivity contribution is 5.71. The molecule has 5 rings (SSSR count). The minimum atomic E-state index is 0.0863. The molecule has 0 amide bonds. The van der Waals surface area contributed by atoms with Crippen LogP contribution in [0.2, 0.25) is 0 Å². The van der Waals surface area contributed by atoms with Crippen LogP contribution in [-0.2, 0) is 6.42 Å². The number of benzene rings is 2. The summed E-state index contributed by atoms with van der Waals surface area (Å²) in [6.07, 6.45) is 7.04. The largest absolute Gasteiger partial charge is 0.492 e. The summed E-state index contributed by atoms with van der Waals surface area (Å²) >= 11 is 0. The molecule has 3 heterocycles. The first-order valence-corrected chi connectivity index (χ1v) is 10.1. The highest BCUT2D eigenvalue weighted by Gasteiger charge is 2.27. The summed E-state index contributed by atoms with van der Waals surface area (Å²) in [4.78, 5) is 4.52. The Morgan fingerprint density at radius 1 is 1.10 bits per heavy atom. The van der Waals surface area contributed by atoms with Crippen molar-refractivity contribution in [1.82, 2.24) is 4.98 Å². The van der Waals surface area contributed by atoms with Crippen molar-refractivity contribution in [2.24, 2.45) is 0 Å². The van der Waals surface area contributed by atoms with Crippen LogP contribution in [0.15, 0.2) is 54.7 Å². The molecule has 0 saturated heterocycles. The number of aryl methyl sites for hydroxylation is 1. The molecule has 3 aromatic rings. The molecule has 0 bridgehead atoms. The van der Waals surface area contributed by atoms with Gasteiger partial charge in [0.05, 0.1) is 29.5 Å². The topological polar surface area (TPSA) is 55.4 Å². The molecule has 2 aliphatic heterocycles. The summed E-state index contributed by atoms with van der Waals surface area (Å²) in [5.41, 5.74) is 6.28. The second-order valence-corrected chi connectivity index (χ2v) is 7.28. The number of ether oxygens (including phenoxy) is 2. The van der Waals surface area contributed by atoms with Crippen molar-refractivity contribution >= 4 is 17.1 Å². The van der Waals surface area contributed by atoms with Gasteiger partial charge in [-0.1, -0.05) is 31.5 Å². The molecule has 5 heteroatoms. The van der Waals surface area contributed by atoms with E-state index in [1.165, 1.54) is 0 Å². The number of fused-ring (bicyclic) bond motifs is 2. The quantitative estimate of drug-likeness (QED) is 0.615. The van der Waals surface area contributed by atoms with E-state index in [0.717, 1.165) is 58.2 Å². The predicted molar refractivity (Wildman–Crippen MR) is 114 cm³/mol. The molecule has 1 aromatic heterocycles. The van der Waals surface area contributed by atoms with Crippen LogP contribution in [0, 0.1) is 6.42 Å². The van der Waals surface area contributed by atoms with E-state index in [4.69, 9.17) is 9.47 Å². The minimum Gasteiger partial charge on any atom is -0.492 e. The number of para-hydroxylation sites is 1. The van der Waals surface area contributed by atoms with E-state index >= 15 is 0 Å². The highest BCUT2D eigenvalue weighted by atomic mass is 16.5. The second kappa shape index (κ2) is 7.66. The Hall–Kier alpha value is -3.21. The lowest BCUT2D eigenvalue weighted by molar-refractivity contribution is 0.341. The Morgan fingerprint density at radius 2 is 2.03 bits per heavy atom. The number of nitrogens with zero attached hydrogens (tertiary/aromatic N) is 1. The third-order valence-corrected chi connectivity index (χ3v) is 5.27. The number of nitrogens with one attached hydrogen (secondary N) is 2. The summed E-state index contributed by atoms with van der Waals surface area (Å²) in [5.74, 6) is 1.78. The molecule has 0 saturated carbocycles. The van der Waals surface area contributed by atoms with Crippen LogP contribution in [0.25, 0.3) is 0 Å². The van der Waals surface area contributed by atoms with Gasteiger partial charge in [0.25, 0.3) is 0 Å². The number of hydrogen-bond donors (Lipinski definition) is 2. The molecule has 2 radical (unpaired) electrons. The van der Waals surface area contributed by atoms with E-state index in [0.29, 0.717) is 13.2 Å². The first-order chi connectivity index (χ1) is 14.3. The van der Waals surface area contributed by atoms with Crippen LogP contribution in [0.1, 0.15) is 36.2 Å². The molecule has 0 spiro atoms. The van der Waals surface area contributed by atoms with Crippen LogP contribution >= 0.6 is 0 Å². The molecule has 2 N–H and O–H groups in total. The van der Waals surface area contributed by atoms with Crippen LogP contribution < -0.4 is 20.1 Å². The zero-order valence-electron chi connectivity index (χ0n) is 16.4. The van der Waals surface area contributed by atoms with Gasteiger partial charge >= 0.3 is 0 Å². The summed E-state index contributed by atoms with van der Waals surface area (Å²) < 4.78 is 11.7. The van der Waals surface area contributed by atoms with Gasteiger partial charge in [0.2, 0.25) is 0 Å². The maximum absolute atomic E-state index is 6.09. The van der Waals surface area contributed by atoms with Gasteiger partial charge in [0.1, 0.15) is 24.7 Å². The zero-order valence-corrected chi connectivity index (χ0v) is 16.4. The van der Waals surface area contributed by atoms with Crippen molar-refractivity contribution in [1.29, 1.82) is 0 Å². The van der Waals surface area contributed by atoms with Gasteiger partial charge in [-0.15, -0.1) is 0 Å². The van der Waals surface area contributed by atoms with Crippen LogP contribution in [0.3, 0.4) is 0 Å². The highest BCUT2D eigenvalue weighted by Crippen LogP contribution is 2.42. The lowest BCUT2D eigenvalue weighted by Gasteiger charge is -2.15. The van der Waals surface area contributed by atoms with E-state index in [2.05, 4.69) is 59.3 Å². The van der Waals surface area contributed by atoms with Crippen molar-refractivity contribution in [3.8, 4) is 11.5 Å². The van der Waals surface area contributed by atoms with E-state index in [1.807, 2.05) is 24.4 Å². The molecule has 146 valence electrons. The lowest BCUT2D eigenvalue weighted by Crippen LogP contribution is -2.11. The molecule has 0 aliphatic carbocycles. The molecule has 1 atom stereocenters. The fourth-order valence-corrected chi connectivity index (χ4v) is 3.87. The molecule has 0 fully saturated rings. The number of hydrogen-bond acceptors (Lipinski definition) is 5. The van der Waals surface area contributed by atoms with Gasteiger partial charge in [-0.3, -0.25) is 4.98 Å². The van der Waals surface area contributed by atoms with Crippen molar-refractivity contribution in [3.05, 3.63) is 78.0 Å². The standard InChI is InChI=1S/C24H23N3O2/c1-2-5-19-20(8-4-12-25-19)27-21-7-3-6-18-22(15-29-24(18)21)26-17-10-9-16-11-13-28-23(16)14-17/h3-4,6-10,12,14,22,26-27H,2,5,13,15H2,1H3/t22-/m1/s1. The fourth-order valence-electron chi connectivity index (χ4n) is 3.87. The number of anilines is 3. The van der Waals surface area contributed by atoms with Gasteiger partial charge in [0, 0.05) is 29.1 Å². The molecule has 5 nitrogen and oxygen atoms in total. The Labute approximate surface area is 171 Å². The van der Waals surface area contributed by atoms with Crippen LogP contribution in [0.5, 0.6) is 11.5 Å². The van der Waals surface area contributed by atoms with E-state index in [1.54, 1.807) is 0 Å². The Kier molecular flexibility index (Phi) is 4.72. The van der Waals surface area contributed by atoms with Crippen molar-refractivity contribution in [2.45, 2.75) is 25.8 Å². The third-order valence-electron chi connectivity index (χ3n) is 5.27. The van der Waals surface area contributed by atoms with Gasteiger partial charge in [-0.2, -0.15) is 0 Å². The van der Waals surface area contributed by atoms with Crippen molar-refractivity contribution in [3.63, 3.8) is 0 Å². The zero-order chi connectivity index (χ0) is 19.6. The molecule has 2 aromatic carbocycles. The number of rotatable bonds is 6. The summed E-state index contributed by atoms with van der Waals surface area (Å²) in [5, 5.41) is 7.11. The van der Waals surface area contributed by atoms with Crippen LogP contribution in [-0.4, -0.2) is 18.2 Å². The normalized spacial score (nSPS) is 16.5. The molecule has 2 aliphatic rings. The second-order valence-electron chi connectivity index (χ2n) is 7.28. The average molecular weight is 385 g/mol. The minimum absolute atomic E-state index is 0.0863. The smallest absolute Gasteiger partial charge is 0.148 e. The van der Waals surface area contributed by atoms with E-state index in [9.17, 15) is 0 Å². The molecule has 0 unspecified atom stereocenters. The molecular weight excluding hydrogens is 362 g/mol. The lowest BCUT2D eigenvalue weighted by atomic mass is 10.1. The Bertz CT molecular complexity index is 1030. The Balaban J connectivity index is 1.38. The first kappa shape index (κ1) is 17.9. The Morgan fingerprint density at radius 3 is 2.97 bits per heavy atom. The third kappa shape index (κ3) is 3.48. The number of aromatic nitrogens is 1. The monoisotopic (exact) mass is 385 g/mol. The molecular formula is C24H23N3O2. The van der Waals surface area contributed by atoms with E-state index < -0.39 is 0 Å². The summed E-state index contributed by atoms with van der Waals surface area (Å²) in [6, 6.07) is 16.5. The van der Waals surface area contributed by atoms with Gasteiger partial charge < -0.3 is 20.1 Å². The van der Waals surface area contributed by atoms with Gasteiger partial charge in [-0.25, -0.2) is 0 Å². The van der Waals surface area contributed by atoms with Gasteiger partial charge in [-0.05, 0) is 30.7 Å². The number of pyridine rings is 1. The van der Waals surface area contributed by atoms with E-state index in [-0.39, 0.29) is 6.04 Å². The maximum atomic E-state index is 6.09. The average Bonchev–Trinajstić information content (AvgIpc) is 3.37. The SMILES string of the molecule is CCCc1ncccc1Nc1cccc2c1OC[C@H]2Nc1ccc2c(c1)OC[C]2. The van der Waals surface area contributed by atoms with Crippen molar-refractivity contribution < 1.29 is 9.47 Å². The summed E-state index contributed by atoms with van der Waals surface area (Å²) in [7, 11) is 0. The predicted octanol–water partition coefficient (Wildman–Crippen LogP) is 5.15. The van der Waals surface area contributed by atoms with Gasteiger partial charge in [0.15, 0.2) is 0 Å². The van der Waals surface area contributed by atoms with Crippen LogP contribution in [0.4, 0.5) is 17.1 Å². The first-order valence-electron chi connectivity index (χ1n) is 10.1. The summed E-state index contributed by atoms with van der Waals surface area (Å²) in [6.45, 7) is 3.27. The maximum Gasteiger partial charge on any atom is 0.148 e. The fraction of sp³-hybridized carbons (Fsp3) is 0.250. The molecule has 29 heavy (non-hydrogen) atoms.